The monoisotopic (exact) mass is 331 g/mol. The van der Waals surface area contributed by atoms with Gasteiger partial charge in [-0.05, 0) is 24.5 Å². The minimum absolute atomic E-state index is 0.285. The number of carbonyl (C=O) groups excluding carboxylic acids is 1. The first-order chi connectivity index (χ1) is 11.6. The van der Waals surface area contributed by atoms with Gasteiger partial charge in [-0.15, -0.1) is 0 Å². The van der Waals surface area contributed by atoms with Crippen LogP contribution >= 0.6 is 0 Å². The molecule has 1 atom stereocenters. The van der Waals surface area contributed by atoms with E-state index < -0.39 is 12.0 Å². The van der Waals surface area contributed by atoms with Crippen molar-refractivity contribution in [2.24, 2.45) is 0 Å². The molecule has 0 heterocycles. The second-order valence-corrected chi connectivity index (χ2v) is 6.05. The molecule has 0 saturated heterocycles. The smallest absolute Gasteiger partial charge is 0.326 e. The maximum absolute atomic E-state index is 11.9. The van der Waals surface area contributed by atoms with Crippen LogP contribution < -0.4 is 5.32 Å². The quantitative estimate of drug-likeness (QED) is 0.447. The van der Waals surface area contributed by atoms with Crippen LogP contribution in [0.2, 0.25) is 0 Å². The average molecular weight is 331 g/mol. The van der Waals surface area contributed by atoms with Crippen LogP contribution in [0.4, 0.5) is 0 Å². The summed E-state index contributed by atoms with van der Waals surface area (Å²) in [6.07, 6.45) is 11.7. The Morgan fingerprint density at radius 1 is 1.08 bits per heavy atom. The molecule has 4 heteroatoms. The van der Waals surface area contributed by atoms with Crippen molar-refractivity contribution in [2.45, 2.75) is 64.3 Å². The van der Waals surface area contributed by atoms with Gasteiger partial charge in [0.15, 0.2) is 0 Å². The van der Waals surface area contributed by atoms with Gasteiger partial charge in [0.05, 0.1) is 0 Å². The Bertz CT molecular complexity index is 511. The van der Waals surface area contributed by atoms with Crippen molar-refractivity contribution in [1.82, 2.24) is 5.32 Å². The van der Waals surface area contributed by atoms with Crippen molar-refractivity contribution in [2.75, 3.05) is 0 Å². The van der Waals surface area contributed by atoms with Crippen LogP contribution in [0.5, 0.6) is 0 Å². The van der Waals surface area contributed by atoms with Crippen LogP contribution in [0.3, 0.4) is 0 Å². The standard InChI is InChI=1S/C20H29NO3/c1-2-3-4-5-6-7-8-12-15-19(22)21-18(20(23)24)16-17-13-10-9-11-14-17/h9-15,18H,2-8,16H2,1H3,(H,21,22)(H,23,24). The van der Waals surface area contributed by atoms with E-state index in [1.165, 1.54) is 38.2 Å². The molecule has 2 N–H and O–H groups in total. The van der Waals surface area contributed by atoms with E-state index in [4.69, 9.17) is 0 Å². The summed E-state index contributed by atoms with van der Waals surface area (Å²) in [5.74, 6) is -1.36. The number of benzene rings is 1. The molecule has 0 spiro atoms. The summed E-state index contributed by atoms with van der Waals surface area (Å²) in [4.78, 5) is 23.2. The molecular formula is C20H29NO3. The molecule has 1 unspecified atom stereocenters. The lowest BCUT2D eigenvalue weighted by Gasteiger charge is -2.13. The van der Waals surface area contributed by atoms with Gasteiger partial charge in [-0.2, -0.15) is 0 Å². The van der Waals surface area contributed by atoms with Crippen LogP contribution in [0.25, 0.3) is 0 Å². The zero-order valence-electron chi connectivity index (χ0n) is 14.5. The molecule has 0 saturated carbocycles. The van der Waals surface area contributed by atoms with E-state index >= 15 is 0 Å². The molecule has 132 valence electrons. The van der Waals surface area contributed by atoms with E-state index in [1.54, 1.807) is 0 Å². The Balaban J connectivity index is 2.30. The highest BCUT2D eigenvalue weighted by atomic mass is 16.4. The Hall–Kier alpha value is -2.10. The maximum atomic E-state index is 11.9. The zero-order chi connectivity index (χ0) is 17.6. The van der Waals surface area contributed by atoms with Crippen molar-refractivity contribution in [3.8, 4) is 0 Å². The molecule has 0 aliphatic rings. The van der Waals surface area contributed by atoms with Crippen molar-refractivity contribution in [1.29, 1.82) is 0 Å². The molecule has 4 nitrogen and oxygen atoms in total. The van der Waals surface area contributed by atoms with Gasteiger partial charge < -0.3 is 10.4 Å². The predicted octanol–water partition coefficient (Wildman–Crippen LogP) is 4.11. The molecule has 1 aromatic carbocycles. The number of amides is 1. The number of aliphatic carboxylic acids is 1. The van der Waals surface area contributed by atoms with E-state index in [0.717, 1.165) is 18.4 Å². The first kappa shape index (κ1) is 19.9. The second kappa shape index (κ2) is 12.3. The number of carboxylic acid groups (broad SMARTS) is 1. The highest BCUT2D eigenvalue weighted by molar-refractivity contribution is 5.91. The van der Waals surface area contributed by atoms with E-state index in [0.29, 0.717) is 0 Å². The zero-order valence-corrected chi connectivity index (χ0v) is 14.5. The molecule has 0 bridgehead atoms. The van der Waals surface area contributed by atoms with E-state index in [1.807, 2.05) is 36.4 Å². The molecule has 0 aliphatic carbocycles. The number of carbonyl (C=O) groups is 2. The Morgan fingerprint density at radius 3 is 2.42 bits per heavy atom. The number of nitrogens with one attached hydrogen (secondary N) is 1. The normalized spacial score (nSPS) is 12.2. The van der Waals surface area contributed by atoms with E-state index in [9.17, 15) is 14.7 Å². The van der Waals surface area contributed by atoms with Gasteiger partial charge >= 0.3 is 5.97 Å². The minimum Gasteiger partial charge on any atom is -0.480 e. The third-order valence-electron chi connectivity index (χ3n) is 3.89. The lowest BCUT2D eigenvalue weighted by molar-refractivity contribution is -0.141. The largest absolute Gasteiger partial charge is 0.480 e. The average Bonchev–Trinajstić information content (AvgIpc) is 2.57. The summed E-state index contributed by atoms with van der Waals surface area (Å²) in [5, 5.41) is 11.8. The van der Waals surface area contributed by atoms with Crippen LogP contribution in [0.1, 0.15) is 57.4 Å². The van der Waals surface area contributed by atoms with Crippen molar-refractivity contribution in [3.63, 3.8) is 0 Å². The fourth-order valence-corrected chi connectivity index (χ4v) is 2.50. The van der Waals surface area contributed by atoms with Gasteiger partial charge in [-0.25, -0.2) is 4.79 Å². The fraction of sp³-hybridized carbons (Fsp3) is 0.500. The SMILES string of the molecule is CCCCCCCCC=CC(=O)NC(Cc1ccccc1)C(=O)O. The molecular weight excluding hydrogens is 302 g/mol. The van der Waals surface area contributed by atoms with Crippen LogP contribution in [0, 0.1) is 0 Å². The molecule has 1 aromatic rings. The summed E-state index contributed by atoms with van der Waals surface area (Å²) in [5.41, 5.74) is 0.890. The Kier molecular flexibility index (Phi) is 10.3. The third-order valence-corrected chi connectivity index (χ3v) is 3.89. The first-order valence-corrected chi connectivity index (χ1v) is 8.87. The van der Waals surface area contributed by atoms with Gasteiger partial charge in [-0.3, -0.25) is 4.79 Å². The van der Waals surface area contributed by atoms with Crippen LogP contribution in [-0.2, 0) is 16.0 Å². The summed E-state index contributed by atoms with van der Waals surface area (Å²) in [7, 11) is 0. The summed E-state index contributed by atoms with van der Waals surface area (Å²) < 4.78 is 0. The highest BCUT2D eigenvalue weighted by Crippen LogP contribution is 2.07. The van der Waals surface area contributed by atoms with Crippen molar-refractivity contribution >= 4 is 11.9 Å². The molecule has 0 aliphatic heterocycles. The molecule has 1 amide bonds. The minimum atomic E-state index is -1.02. The topological polar surface area (TPSA) is 66.4 Å². The van der Waals surface area contributed by atoms with E-state index in [2.05, 4.69) is 12.2 Å². The number of allylic oxidation sites excluding steroid dienone is 1. The lowest BCUT2D eigenvalue weighted by Crippen LogP contribution is -2.41. The molecule has 0 aromatic heterocycles. The van der Waals surface area contributed by atoms with Crippen LogP contribution in [0.15, 0.2) is 42.5 Å². The number of carboxylic acids is 1. The van der Waals surface area contributed by atoms with Crippen LogP contribution in [-0.4, -0.2) is 23.0 Å². The number of unbranched alkanes of at least 4 members (excludes halogenated alkanes) is 6. The first-order valence-electron chi connectivity index (χ1n) is 8.87. The Labute approximate surface area is 145 Å². The summed E-state index contributed by atoms with van der Waals surface area (Å²) in [6, 6.07) is 8.40. The number of hydrogen-bond donors (Lipinski definition) is 2. The summed E-state index contributed by atoms with van der Waals surface area (Å²) in [6.45, 7) is 2.20. The fourth-order valence-electron chi connectivity index (χ4n) is 2.50. The number of hydrogen-bond acceptors (Lipinski definition) is 2. The molecule has 1 rings (SSSR count). The third kappa shape index (κ3) is 9.13. The van der Waals surface area contributed by atoms with Gasteiger partial charge in [0.1, 0.15) is 6.04 Å². The maximum Gasteiger partial charge on any atom is 0.326 e. The lowest BCUT2D eigenvalue weighted by atomic mass is 10.1. The highest BCUT2D eigenvalue weighted by Gasteiger charge is 2.19. The van der Waals surface area contributed by atoms with Crippen molar-refractivity contribution < 1.29 is 14.7 Å². The predicted molar refractivity (Wildman–Crippen MR) is 96.8 cm³/mol. The Morgan fingerprint density at radius 2 is 1.75 bits per heavy atom. The second-order valence-electron chi connectivity index (χ2n) is 6.05. The van der Waals surface area contributed by atoms with E-state index in [-0.39, 0.29) is 12.3 Å². The van der Waals surface area contributed by atoms with Gasteiger partial charge in [0.2, 0.25) is 5.91 Å². The van der Waals surface area contributed by atoms with Gasteiger partial charge in [0, 0.05) is 6.42 Å². The van der Waals surface area contributed by atoms with Crippen molar-refractivity contribution in [3.05, 3.63) is 48.0 Å². The molecule has 0 fully saturated rings. The van der Waals surface area contributed by atoms with Gasteiger partial charge in [0.25, 0.3) is 0 Å². The molecule has 0 radical (unpaired) electrons. The molecule has 24 heavy (non-hydrogen) atoms. The summed E-state index contributed by atoms with van der Waals surface area (Å²) >= 11 is 0. The number of rotatable bonds is 12. The van der Waals surface area contributed by atoms with Gasteiger partial charge in [-0.1, -0.05) is 75.4 Å².